The summed E-state index contributed by atoms with van der Waals surface area (Å²) in [6.07, 6.45) is 1.57. The second-order valence-electron chi connectivity index (χ2n) is 5.89. The summed E-state index contributed by atoms with van der Waals surface area (Å²) >= 11 is 0. The Morgan fingerprint density at radius 3 is 2.31 bits per heavy atom. The normalized spacial score (nSPS) is 16.2. The van der Waals surface area contributed by atoms with Crippen molar-refractivity contribution >= 4 is 34.2 Å². The average molecular weight is 342 g/mol. The van der Waals surface area contributed by atoms with Gasteiger partial charge in [-0.15, -0.1) is 0 Å². The molecule has 0 saturated heterocycles. The fraction of sp³-hybridized carbons (Fsp3) is 0. The molecule has 126 valence electrons. The van der Waals surface area contributed by atoms with Crippen molar-refractivity contribution in [2.45, 2.75) is 0 Å². The lowest BCUT2D eigenvalue weighted by molar-refractivity contribution is -0.149. The first-order chi connectivity index (χ1) is 12.6. The number of rotatable bonds is 2. The summed E-state index contributed by atoms with van der Waals surface area (Å²) in [4.78, 5) is 24.3. The van der Waals surface area contributed by atoms with Crippen molar-refractivity contribution in [2.75, 3.05) is 0 Å². The van der Waals surface area contributed by atoms with Crippen LogP contribution in [0.5, 0.6) is 0 Å². The van der Waals surface area contributed by atoms with Gasteiger partial charge in [-0.1, -0.05) is 72.8 Å². The van der Waals surface area contributed by atoms with Gasteiger partial charge in [-0.2, -0.15) is 0 Å². The minimum atomic E-state index is -1.01. The molecule has 0 fully saturated rings. The van der Waals surface area contributed by atoms with Crippen LogP contribution in [-0.2, 0) is 14.3 Å². The van der Waals surface area contributed by atoms with Crippen LogP contribution in [0, 0.1) is 0 Å². The summed E-state index contributed by atoms with van der Waals surface area (Å²) in [5.41, 5.74) is 1.20. The molecule has 0 radical (unpaired) electrons. The molecule has 0 spiro atoms. The van der Waals surface area contributed by atoms with Crippen molar-refractivity contribution in [3.63, 3.8) is 0 Å². The molecule has 1 aliphatic rings. The molecule has 0 aliphatic carbocycles. The lowest BCUT2D eigenvalue weighted by Gasteiger charge is -2.18. The molecule has 0 atom stereocenters. The van der Waals surface area contributed by atoms with Gasteiger partial charge in [0.1, 0.15) is 0 Å². The first-order valence-electron chi connectivity index (χ1n) is 8.10. The second kappa shape index (κ2) is 6.33. The Balaban J connectivity index is 1.90. The van der Waals surface area contributed by atoms with Crippen LogP contribution in [0.25, 0.3) is 22.4 Å². The SMILES string of the molecule is O=C1O/C(=C\c2cccc3ccccc23)C(O)=C(c2ccccc2)C1=O. The number of ketones is 1. The van der Waals surface area contributed by atoms with Crippen molar-refractivity contribution in [3.8, 4) is 0 Å². The Labute approximate surface area is 149 Å². The molecule has 4 rings (SSSR count). The van der Waals surface area contributed by atoms with E-state index in [0.29, 0.717) is 5.56 Å². The highest BCUT2D eigenvalue weighted by Gasteiger charge is 2.34. The summed E-state index contributed by atoms with van der Waals surface area (Å²) < 4.78 is 5.08. The summed E-state index contributed by atoms with van der Waals surface area (Å²) in [5, 5.41) is 12.6. The smallest absolute Gasteiger partial charge is 0.385 e. The number of hydrogen-bond acceptors (Lipinski definition) is 4. The van der Waals surface area contributed by atoms with E-state index in [2.05, 4.69) is 0 Å². The Morgan fingerprint density at radius 2 is 1.50 bits per heavy atom. The third kappa shape index (κ3) is 2.67. The third-order valence-electron chi connectivity index (χ3n) is 4.26. The summed E-state index contributed by atoms with van der Waals surface area (Å²) in [6, 6.07) is 22.0. The minimum absolute atomic E-state index is 0.0372. The van der Waals surface area contributed by atoms with Gasteiger partial charge >= 0.3 is 5.97 Å². The second-order valence-corrected chi connectivity index (χ2v) is 5.89. The quantitative estimate of drug-likeness (QED) is 0.558. The van der Waals surface area contributed by atoms with Crippen LogP contribution in [-0.4, -0.2) is 16.9 Å². The molecular formula is C22H14O4. The molecule has 3 aromatic carbocycles. The Hall–Kier alpha value is -3.66. The maximum atomic E-state index is 12.2. The van der Waals surface area contributed by atoms with Gasteiger partial charge in [0.2, 0.25) is 0 Å². The summed E-state index contributed by atoms with van der Waals surface area (Å²) in [7, 11) is 0. The number of aliphatic hydroxyl groups excluding tert-OH is 1. The first kappa shape index (κ1) is 15.8. The van der Waals surface area contributed by atoms with Crippen LogP contribution in [0.1, 0.15) is 11.1 Å². The summed E-state index contributed by atoms with van der Waals surface area (Å²) in [6.45, 7) is 0. The zero-order valence-corrected chi connectivity index (χ0v) is 13.7. The Bertz CT molecular complexity index is 1090. The number of fused-ring (bicyclic) bond motifs is 1. The number of ether oxygens (including phenoxy) is 1. The molecule has 1 heterocycles. The van der Waals surface area contributed by atoms with Gasteiger partial charge in [-0.3, -0.25) is 4.79 Å². The van der Waals surface area contributed by atoms with Crippen LogP contribution >= 0.6 is 0 Å². The van der Waals surface area contributed by atoms with Gasteiger partial charge in [0.05, 0.1) is 5.57 Å². The number of carbonyl (C=O) groups excluding carboxylic acids is 2. The fourth-order valence-electron chi connectivity index (χ4n) is 3.02. The van der Waals surface area contributed by atoms with Crippen molar-refractivity contribution in [1.82, 2.24) is 0 Å². The van der Waals surface area contributed by atoms with E-state index >= 15 is 0 Å². The molecule has 0 aromatic heterocycles. The average Bonchev–Trinajstić information content (AvgIpc) is 2.67. The molecular weight excluding hydrogens is 328 g/mol. The molecule has 0 saturated carbocycles. The van der Waals surface area contributed by atoms with Crippen LogP contribution in [0.3, 0.4) is 0 Å². The first-order valence-corrected chi connectivity index (χ1v) is 8.10. The number of esters is 1. The lowest BCUT2D eigenvalue weighted by Crippen LogP contribution is -2.25. The zero-order valence-electron chi connectivity index (χ0n) is 13.7. The highest BCUT2D eigenvalue weighted by Crippen LogP contribution is 2.31. The Kier molecular flexibility index (Phi) is 3.86. The van der Waals surface area contributed by atoms with Gasteiger partial charge in [0.15, 0.2) is 11.5 Å². The van der Waals surface area contributed by atoms with Crippen LogP contribution in [0.4, 0.5) is 0 Å². The Morgan fingerprint density at radius 1 is 0.808 bits per heavy atom. The van der Waals surface area contributed by atoms with Crippen LogP contribution in [0.15, 0.2) is 84.3 Å². The van der Waals surface area contributed by atoms with E-state index in [-0.39, 0.29) is 17.1 Å². The lowest BCUT2D eigenvalue weighted by atomic mass is 9.96. The molecule has 0 bridgehead atoms. The van der Waals surface area contributed by atoms with Crippen molar-refractivity contribution in [3.05, 3.63) is 95.4 Å². The van der Waals surface area contributed by atoms with E-state index in [1.807, 2.05) is 42.5 Å². The van der Waals surface area contributed by atoms with Crippen LogP contribution in [0.2, 0.25) is 0 Å². The minimum Gasteiger partial charge on any atom is -0.504 e. The number of cyclic esters (lactones) is 1. The maximum absolute atomic E-state index is 12.2. The van der Waals surface area contributed by atoms with Gasteiger partial charge in [-0.25, -0.2) is 4.79 Å². The van der Waals surface area contributed by atoms with E-state index in [4.69, 9.17) is 4.74 Å². The predicted octanol–water partition coefficient (Wildman–Crippen LogP) is 4.28. The highest BCUT2D eigenvalue weighted by molar-refractivity contribution is 6.53. The van der Waals surface area contributed by atoms with E-state index in [1.54, 1.807) is 36.4 Å². The van der Waals surface area contributed by atoms with Gasteiger partial charge in [0.25, 0.3) is 5.78 Å². The van der Waals surface area contributed by atoms with E-state index in [1.165, 1.54) is 0 Å². The number of benzene rings is 3. The maximum Gasteiger partial charge on any atom is 0.385 e. The van der Waals surface area contributed by atoms with E-state index < -0.39 is 11.8 Å². The summed E-state index contributed by atoms with van der Waals surface area (Å²) in [5.74, 6) is -2.24. The van der Waals surface area contributed by atoms with Crippen molar-refractivity contribution < 1.29 is 19.4 Å². The molecule has 0 unspecified atom stereocenters. The molecule has 1 N–H and O–H groups in total. The van der Waals surface area contributed by atoms with Crippen LogP contribution < -0.4 is 0 Å². The number of hydrogen-bond donors (Lipinski definition) is 1. The van der Waals surface area contributed by atoms with E-state index in [0.717, 1.165) is 16.3 Å². The number of carbonyl (C=O) groups is 2. The molecule has 3 aromatic rings. The standard InChI is InChI=1S/C22H14O4/c23-20-18(13-16-11-6-10-14-7-4-5-12-17(14)16)26-22(25)21(24)19(20)15-8-2-1-3-9-15/h1-13,23H/b18-13-. The number of Topliss-reactive ketones (excluding diaryl/α,β-unsaturated/α-hetero) is 1. The zero-order chi connectivity index (χ0) is 18.1. The molecule has 4 heteroatoms. The highest BCUT2D eigenvalue weighted by atomic mass is 16.6. The van der Waals surface area contributed by atoms with Crippen molar-refractivity contribution in [2.24, 2.45) is 0 Å². The molecule has 26 heavy (non-hydrogen) atoms. The van der Waals surface area contributed by atoms with Gasteiger partial charge in [-0.05, 0) is 28.0 Å². The van der Waals surface area contributed by atoms with E-state index in [9.17, 15) is 14.7 Å². The third-order valence-corrected chi connectivity index (χ3v) is 4.26. The van der Waals surface area contributed by atoms with Gasteiger partial charge < -0.3 is 9.84 Å². The molecule has 0 amide bonds. The van der Waals surface area contributed by atoms with Gasteiger partial charge in [0, 0.05) is 0 Å². The van der Waals surface area contributed by atoms with Crippen molar-refractivity contribution in [1.29, 1.82) is 0 Å². The topological polar surface area (TPSA) is 63.6 Å². The monoisotopic (exact) mass is 342 g/mol. The largest absolute Gasteiger partial charge is 0.504 e. The molecule has 1 aliphatic heterocycles. The fourth-order valence-corrected chi connectivity index (χ4v) is 3.02. The predicted molar refractivity (Wildman–Crippen MR) is 99.0 cm³/mol. The number of aliphatic hydroxyl groups is 1. The molecule has 4 nitrogen and oxygen atoms in total.